The van der Waals surface area contributed by atoms with E-state index in [2.05, 4.69) is 5.32 Å². The molecule has 0 aromatic heterocycles. The predicted molar refractivity (Wildman–Crippen MR) is 161 cm³/mol. The van der Waals surface area contributed by atoms with E-state index in [4.69, 9.17) is 14.2 Å². The summed E-state index contributed by atoms with van der Waals surface area (Å²) in [5.74, 6) is -2.74. The second-order valence-electron chi connectivity index (χ2n) is 10.5. The number of amides is 1. The highest BCUT2D eigenvalue weighted by Crippen LogP contribution is 2.38. The van der Waals surface area contributed by atoms with Gasteiger partial charge in [-0.15, -0.1) is 0 Å². The minimum atomic E-state index is -4.47. The molecule has 1 aliphatic rings. The van der Waals surface area contributed by atoms with Gasteiger partial charge in [0.05, 0.1) is 24.2 Å². The van der Waals surface area contributed by atoms with Crippen LogP contribution >= 0.6 is 0 Å². The lowest BCUT2D eigenvalue weighted by molar-refractivity contribution is -0.175. The Labute approximate surface area is 262 Å². The van der Waals surface area contributed by atoms with Crippen LogP contribution < -0.4 is 5.32 Å². The monoisotopic (exact) mass is 631 g/mol. The number of fused-ring (bicyclic) bond motifs is 1. The quantitative estimate of drug-likeness (QED) is 0.163. The van der Waals surface area contributed by atoms with E-state index in [1.165, 1.54) is 18.2 Å². The van der Waals surface area contributed by atoms with Crippen LogP contribution in [0, 0.1) is 6.92 Å². The fourth-order valence-corrected chi connectivity index (χ4v) is 5.18. The molecule has 8 nitrogen and oxygen atoms in total. The van der Waals surface area contributed by atoms with Crippen LogP contribution in [0.3, 0.4) is 0 Å². The lowest BCUT2D eigenvalue weighted by Gasteiger charge is -2.26. The van der Waals surface area contributed by atoms with Gasteiger partial charge in [0.25, 0.3) is 11.5 Å². The van der Waals surface area contributed by atoms with Gasteiger partial charge in [0.15, 0.2) is 0 Å². The first-order chi connectivity index (χ1) is 21.9. The van der Waals surface area contributed by atoms with Crippen molar-refractivity contribution in [3.63, 3.8) is 0 Å². The van der Waals surface area contributed by atoms with E-state index in [0.29, 0.717) is 27.9 Å². The molecule has 0 saturated carbocycles. The van der Waals surface area contributed by atoms with E-state index < -0.39 is 47.8 Å². The topological polar surface area (TPSA) is 108 Å². The summed E-state index contributed by atoms with van der Waals surface area (Å²) in [7, 11) is 0. The fourth-order valence-electron chi connectivity index (χ4n) is 5.18. The van der Waals surface area contributed by atoms with Crippen molar-refractivity contribution in [3.8, 4) is 11.1 Å². The number of benzene rings is 4. The van der Waals surface area contributed by atoms with Crippen LogP contribution in [0.4, 0.5) is 18.9 Å². The van der Waals surface area contributed by atoms with E-state index in [1.54, 1.807) is 74.5 Å². The molecule has 0 fully saturated rings. The molecule has 0 radical (unpaired) electrons. The molecule has 1 N–H and O–H groups in total. The molecular formula is C35H28F3NO7. The van der Waals surface area contributed by atoms with Crippen molar-refractivity contribution >= 4 is 29.5 Å². The summed E-state index contributed by atoms with van der Waals surface area (Å²) >= 11 is 0. The number of aryl methyl sites for hydroxylation is 1. The van der Waals surface area contributed by atoms with Crippen molar-refractivity contribution in [3.05, 3.63) is 124 Å². The number of hydrogen-bond donors (Lipinski definition) is 1. The summed E-state index contributed by atoms with van der Waals surface area (Å²) in [5, 5.41) is 2.82. The van der Waals surface area contributed by atoms with Crippen molar-refractivity contribution < 1.29 is 46.6 Å². The first kappa shape index (κ1) is 32.0. The van der Waals surface area contributed by atoms with E-state index in [1.807, 2.05) is 0 Å². The number of hydrogen-bond acceptors (Lipinski definition) is 7. The summed E-state index contributed by atoms with van der Waals surface area (Å²) in [6, 6.07) is 22.4. The van der Waals surface area contributed by atoms with Crippen molar-refractivity contribution in [1.29, 1.82) is 0 Å². The van der Waals surface area contributed by atoms with Crippen LogP contribution in [-0.2, 0) is 42.0 Å². The van der Waals surface area contributed by atoms with Gasteiger partial charge in [-0.1, -0.05) is 60.7 Å². The number of carbonyl (C=O) groups excluding carboxylic acids is 4. The summed E-state index contributed by atoms with van der Waals surface area (Å²) in [5.41, 5.74) is 0.547. The number of anilines is 1. The number of carbonyl (C=O) groups is 4. The zero-order valence-electron chi connectivity index (χ0n) is 24.8. The molecule has 0 aliphatic carbocycles. The molecule has 46 heavy (non-hydrogen) atoms. The number of nitrogens with one attached hydrogen (secondary N) is 1. The Morgan fingerprint density at radius 3 is 2.22 bits per heavy atom. The van der Waals surface area contributed by atoms with Gasteiger partial charge in [0, 0.05) is 16.8 Å². The molecule has 0 bridgehead atoms. The second kappa shape index (κ2) is 12.9. The summed E-state index contributed by atoms with van der Waals surface area (Å²) < 4.78 is 55.1. The van der Waals surface area contributed by atoms with Crippen LogP contribution in [0.25, 0.3) is 11.1 Å². The average molecular weight is 632 g/mol. The molecule has 1 aliphatic heterocycles. The maximum absolute atomic E-state index is 13.3. The largest absolute Gasteiger partial charge is 0.463 e. The SMILES string of the molecule is CCOC(=O)C1(COC(=O)Cc2ccc(NC(=O)c3ccccc3-c3ccc(C(F)(F)F)cc3)c(C)c2)OC(=O)c2ccccc21. The van der Waals surface area contributed by atoms with Crippen LogP contribution in [-0.4, -0.2) is 37.0 Å². The zero-order valence-corrected chi connectivity index (χ0v) is 24.8. The van der Waals surface area contributed by atoms with Crippen molar-refractivity contribution in [2.24, 2.45) is 0 Å². The third-order valence-electron chi connectivity index (χ3n) is 7.47. The van der Waals surface area contributed by atoms with Gasteiger partial charge in [0.2, 0.25) is 0 Å². The number of halogens is 3. The highest BCUT2D eigenvalue weighted by molar-refractivity contribution is 6.09. The molecule has 0 saturated heterocycles. The summed E-state index contributed by atoms with van der Waals surface area (Å²) in [4.78, 5) is 51.5. The maximum Gasteiger partial charge on any atom is 0.416 e. The molecular weight excluding hydrogens is 603 g/mol. The molecule has 1 atom stereocenters. The Bertz CT molecular complexity index is 1820. The van der Waals surface area contributed by atoms with E-state index in [-0.39, 0.29) is 29.7 Å². The standard InChI is InChI=1S/C35H28F3NO7/c1-3-44-33(43)34(28-11-7-6-10-27(28)32(42)46-34)20-45-30(40)19-22-12-17-29(21(2)18-22)39-31(41)26-9-5-4-8-25(26)23-13-15-24(16-14-23)35(36,37)38/h4-18H,3,19-20H2,1-2H3,(H,39,41). The molecule has 0 spiro atoms. The second-order valence-corrected chi connectivity index (χ2v) is 10.5. The minimum absolute atomic E-state index is 0.0249. The maximum atomic E-state index is 13.3. The lowest BCUT2D eigenvalue weighted by atomic mass is 9.93. The lowest BCUT2D eigenvalue weighted by Crippen LogP contribution is -2.43. The van der Waals surface area contributed by atoms with Gasteiger partial charge < -0.3 is 19.5 Å². The Balaban J connectivity index is 1.26. The van der Waals surface area contributed by atoms with E-state index >= 15 is 0 Å². The minimum Gasteiger partial charge on any atom is -0.463 e. The molecule has 1 heterocycles. The summed E-state index contributed by atoms with van der Waals surface area (Å²) in [6.07, 6.45) is -4.65. The molecule has 1 unspecified atom stereocenters. The van der Waals surface area contributed by atoms with Gasteiger partial charge >= 0.3 is 24.1 Å². The highest BCUT2D eigenvalue weighted by atomic mass is 19.4. The Morgan fingerprint density at radius 2 is 1.54 bits per heavy atom. The first-order valence-electron chi connectivity index (χ1n) is 14.3. The van der Waals surface area contributed by atoms with Crippen LogP contribution in [0.5, 0.6) is 0 Å². The van der Waals surface area contributed by atoms with Crippen molar-refractivity contribution in [2.45, 2.75) is 32.0 Å². The molecule has 1 amide bonds. The van der Waals surface area contributed by atoms with Crippen LogP contribution in [0.2, 0.25) is 0 Å². The molecule has 11 heteroatoms. The summed E-state index contributed by atoms with van der Waals surface area (Å²) in [6.45, 7) is 2.79. The Morgan fingerprint density at radius 1 is 0.870 bits per heavy atom. The number of alkyl halides is 3. The highest BCUT2D eigenvalue weighted by Gasteiger charge is 2.54. The zero-order chi connectivity index (χ0) is 33.1. The Hall–Kier alpha value is -5.45. The number of esters is 3. The normalized spacial score (nSPS) is 15.5. The van der Waals surface area contributed by atoms with Gasteiger partial charge in [-0.2, -0.15) is 13.2 Å². The number of cyclic esters (lactones) is 1. The van der Waals surface area contributed by atoms with E-state index in [9.17, 15) is 32.3 Å². The van der Waals surface area contributed by atoms with Gasteiger partial charge in [0.1, 0.15) is 6.61 Å². The number of ether oxygens (including phenoxy) is 3. The van der Waals surface area contributed by atoms with Gasteiger partial charge in [-0.3, -0.25) is 9.59 Å². The molecule has 5 rings (SSSR count). The molecule has 236 valence electrons. The van der Waals surface area contributed by atoms with Gasteiger partial charge in [-0.05, 0) is 66.4 Å². The van der Waals surface area contributed by atoms with Crippen LogP contribution in [0.1, 0.15) is 49.9 Å². The number of rotatable bonds is 9. The first-order valence-corrected chi connectivity index (χ1v) is 14.3. The van der Waals surface area contributed by atoms with Gasteiger partial charge in [-0.25, -0.2) is 9.59 Å². The van der Waals surface area contributed by atoms with Crippen molar-refractivity contribution in [2.75, 3.05) is 18.5 Å². The van der Waals surface area contributed by atoms with Crippen molar-refractivity contribution in [1.82, 2.24) is 0 Å². The molecule has 4 aromatic rings. The fraction of sp³-hybridized carbons (Fsp3) is 0.200. The third-order valence-corrected chi connectivity index (χ3v) is 7.47. The Kier molecular flexibility index (Phi) is 8.95. The molecule has 4 aromatic carbocycles. The predicted octanol–water partition coefficient (Wildman–Crippen LogP) is 6.65. The smallest absolute Gasteiger partial charge is 0.416 e. The average Bonchev–Trinajstić information content (AvgIpc) is 3.33. The van der Waals surface area contributed by atoms with Crippen LogP contribution in [0.15, 0.2) is 91.0 Å². The van der Waals surface area contributed by atoms with E-state index in [0.717, 1.165) is 12.1 Å². The third kappa shape index (κ3) is 6.49.